The zero-order chi connectivity index (χ0) is 13.9. The first-order valence-corrected chi connectivity index (χ1v) is 7.03. The van der Waals surface area contributed by atoms with E-state index in [2.05, 4.69) is 14.9 Å². The summed E-state index contributed by atoms with van der Waals surface area (Å²) < 4.78 is 5.40. The number of aromatic nitrogens is 2. The molecule has 0 bridgehead atoms. The molecule has 5 nitrogen and oxygen atoms in total. The van der Waals surface area contributed by atoms with Crippen LogP contribution in [0.25, 0.3) is 0 Å². The van der Waals surface area contributed by atoms with Crippen LogP contribution < -0.4 is 5.56 Å². The molecule has 1 atom stereocenters. The largest absolute Gasteiger partial charge is 0.468 e. The molecule has 2 aromatic heterocycles. The lowest BCUT2D eigenvalue weighted by Crippen LogP contribution is -2.34. The van der Waals surface area contributed by atoms with Gasteiger partial charge in [0.1, 0.15) is 11.6 Å². The quantitative estimate of drug-likeness (QED) is 0.929. The van der Waals surface area contributed by atoms with Gasteiger partial charge in [-0.05, 0) is 38.4 Å². The molecule has 1 N–H and O–H groups in total. The SMILES string of the molecule is Cc1nc([C@H]2CCCN(Cc3ccco3)C2)cc(=O)[nH]1. The Morgan fingerprint density at radius 3 is 3.20 bits per heavy atom. The summed E-state index contributed by atoms with van der Waals surface area (Å²) in [7, 11) is 0. The smallest absolute Gasteiger partial charge is 0.251 e. The van der Waals surface area contributed by atoms with Crippen molar-refractivity contribution >= 4 is 0 Å². The van der Waals surface area contributed by atoms with E-state index in [4.69, 9.17) is 4.42 Å². The molecule has 106 valence electrons. The van der Waals surface area contributed by atoms with Gasteiger partial charge in [-0.1, -0.05) is 0 Å². The van der Waals surface area contributed by atoms with Crippen LogP contribution in [-0.2, 0) is 6.54 Å². The number of nitrogens with one attached hydrogen (secondary N) is 1. The Hall–Kier alpha value is -1.88. The van der Waals surface area contributed by atoms with Crippen LogP contribution >= 0.6 is 0 Å². The highest BCUT2D eigenvalue weighted by Crippen LogP contribution is 2.25. The summed E-state index contributed by atoms with van der Waals surface area (Å²) >= 11 is 0. The van der Waals surface area contributed by atoms with Crippen LogP contribution in [0.15, 0.2) is 33.7 Å². The Bertz CT molecular complexity index is 618. The first-order chi connectivity index (χ1) is 9.70. The average Bonchev–Trinajstić information content (AvgIpc) is 2.91. The van der Waals surface area contributed by atoms with Crippen molar-refractivity contribution in [1.82, 2.24) is 14.9 Å². The van der Waals surface area contributed by atoms with Gasteiger partial charge >= 0.3 is 0 Å². The number of likely N-dealkylation sites (tertiary alicyclic amines) is 1. The molecule has 0 aromatic carbocycles. The fraction of sp³-hybridized carbons (Fsp3) is 0.467. The van der Waals surface area contributed by atoms with E-state index in [1.54, 1.807) is 12.3 Å². The monoisotopic (exact) mass is 273 g/mol. The molecule has 1 aliphatic heterocycles. The molecular formula is C15H19N3O2. The molecule has 0 unspecified atom stereocenters. The van der Waals surface area contributed by atoms with Gasteiger partial charge in [0.05, 0.1) is 18.5 Å². The van der Waals surface area contributed by atoms with Gasteiger partial charge in [0.25, 0.3) is 5.56 Å². The zero-order valence-corrected chi connectivity index (χ0v) is 11.6. The van der Waals surface area contributed by atoms with Gasteiger partial charge in [-0.2, -0.15) is 0 Å². The van der Waals surface area contributed by atoms with E-state index in [1.807, 2.05) is 19.1 Å². The minimum Gasteiger partial charge on any atom is -0.468 e. The number of piperidine rings is 1. The predicted molar refractivity (Wildman–Crippen MR) is 75.6 cm³/mol. The molecule has 1 saturated heterocycles. The van der Waals surface area contributed by atoms with E-state index in [-0.39, 0.29) is 5.56 Å². The van der Waals surface area contributed by atoms with Crippen LogP contribution in [0.1, 0.15) is 36.0 Å². The normalized spacial score (nSPS) is 20.1. The van der Waals surface area contributed by atoms with Gasteiger partial charge in [0.2, 0.25) is 0 Å². The molecular weight excluding hydrogens is 254 g/mol. The summed E-state index contributed by atoms with van der Waals surface area (Å²) in [5.74, 6) is 2.01. The first-order valence-electron chi connectivity index (χ1n) is 7.03. The second-order valence-electron chi connectivity index (χ2n) is 5.41. The standard InChI is InChI=1S/C15H19N3O2/c1-11-16-14(8-15(19)17-11)12-4-2-6-18(9-12)10-13-5-3-7-20-13/h3,5,7-8,12H,2,4,6,9-10H2,1H3,(H,16,17,19)/t12-/m0/s1. The number of aromatic amines is 1. The second-order valence-corrected chi connectivity index (χ2v) is 5.41. The summed E-state index contributed by atoms with van der Waals surface area (Å²) in [5.41, 5.74) is 0.853. The molecule has 0 aliphatic carbocycles. The summed E-state index contributed by atoms with van der Waals surface area (Å²) in [6, 6.07) is 5.55. The summed E-state index contributed by atoms with van der Waals surface area (Å²) in [5, 5.41) is 0. The van der Waals surface area contributed by atoms with Gasteiger partial charge in [-0.15, -0.1) is 0 Å². The van der Waals surface area contributed by atoms with Gasteiger partial charge in [0, 0.05) is 18.5 Å². The molecule has 20 heavy (non-hydrogen) atoms. The summed E-state index contributed by atoms with van der Waals surface area (Å²) in [6.07, 6.45) is 3.92. The number of hydrogen-bond acceptors (Lipinski definition) is 4. The molecule has 0 amide bonds. The highest BCUT2D eigenvalue weighted by atomic mass is 16.3. The molecule has 3 heterocycles. The van der Waals surface area contributed by atoms with E-state index in [0.29, 0.717) is 11.7 Å². The third kappa shape index (κ3) is 2.99. The van der Waals surface area contributed by atoms with Gasteiger partial charge < -0.3 is 9.40 Å². The molecule has 1 aliphatic rings. The van der Waals surface area contributed by atoms with Crippen LogP contribution in [0.4, 0.5) is 0 Å². The Kier molecular flexibility index (Phi) is 3.69. The van der Waals surface area contributed by atoms with Crippen molar-refractivity contribution in [1.29, 1.82) is 0 Å². The number of rotatable bonds is 3. The Morgan fingerprint density at radius 1 is 1.55 bits per heavy atom. The minimum atomic E-state index is -0.0596. The lowest BCUT2D eigenvalue weighted by Gasteiger charge is -2.31. The predicted octanol–water partition coefficient (Wildman–Crippen LogP) is 2.05. The van der Waals surface area contributed by atoms with E-state index >= 15 is 0 Å². The lowest BCUT2D eigenvalue weighted by molar-refractivity contribution is 0.185. The van der Waals surface area contributed by atoms with Crippen LogP contribution in [0.3, 0.4) is 0 Å². The highest BCUT2D eigenvalue weighted by molar-refractivity contribution is 5.10. The average molecular weight is 273 g/mol. The Balaban J connectivity index is 1.72. The second kappa shape index (κ2) is 5.63. The topological polar surface area (TPSA) is 62.1 Å². The number of hydrogen-bond donors (Lipinski definition) is 1. The van der Waals surface area contributed by atoms with E-state index in [0.717, 1.165) is 43.9 Å². The van der Waals surface area contributed by atoms with E-state index < -0.39 is 0 Å². The van der Waals surface area contributed by atoms with Crippen molar-refractivity contribution in [3.8, 4) is 0 Å². The molecule has 5 heteroatoms. The molecule has 3 rings (SSSR count). The summed E-state index contributed by atoms with van der Waals surface area (Å²) in [4.78, 5) is 21.1. The lowest BCUT2D eigenvalue weighted by atomic mass is 9.94. The van der Waals surface area contributed by atoms with Crippen LogP contribution in [-0.4, -0.2) is 28.0 Å². The van der Waals surface area contributed by atoms with Crippen molar-refractivity contribution < 1.29 is 4.42 Å². The first kappa shape index (κ1) is 13.1. The maximum atomic E-state index is 11.6. The van der Waals surface area contributed by atoms with Crippen molar-refractivity contribution in [2.45, 2.75) is 32.2 Å². The zero-order valence-electron chi connectivity index (χ0n) is 11.6. The van der Waals surface area contributed by atoms with Crippen LogP contribution in [0.2, 0.25) is 0 Å². The van der Waals surface area contributed by atoms with Gasteiger partial charge in [0.15, 0.2) is 0 Å². The van der Waals surface area contributed by atoms with Gasteiger partial charge in [-0.3, -0.25) is 9.69 Å². The molecule has 0 spiro atoms. The fourth-order valence-electron chi connectivity index (χ4n) is 2.88. The van der Waals surface area contributed by atoms with Gasteiger partial charge in [-0.25, -0.2) is 4.98 Å². The number of nitrogens with zero attached hydrogens (tertiary/aromatic N) is 2. The third-order valence-corrected chi connectivity index (χ3v) is 3.76. The van der Waals surface area contributed by atoms with E-state index in [1.165, 1.54) is 0 Å². The maximum Gasteiger partial charge on any atom is 0.251 e. The highest BCUT2D eigenvalue weighted by Gasteiger charge is 2.23. The minimum absolute atomic E-state index is 0.0596. The Morgan fingerprint density at radius 2 is 2.45 bits per heavy atom. The molecule has 2 aromatic rings. The fourth-order valence-corrected chi connectivity index (χ4v) is 2.88. The molecule has 1 fully saturated rings. The van der Waals surface area contributed by atoms with Crippen LogP contribution in [0.5, 0.6) is 0 Å². The van der Waals surface area contributed by atoms with Crippen LogP contribution in [0, 0.1) is 6.92 Å². The molecule has 0 radical (unpaired) electrons. The third-order valence-electron chi connectivity index (χ3n) is 3.76. The van der Waals surface area contributed by atoms with Crippen molar-refractivity contribution in [2.24, 2.45) is 0 Å². The van der Waals surface area contributed by atoms with Crippen molar-refractivity contribution in [3.63, 3.8) is 0 Å². The maximum absolute atomic E-state index is 11.6. The van der Waals surface area contributed by atoms with E-state index in [9.17, 15) is 4.79 Å². The Labute approximate surface area is 117 Å². The van der Waals surface area contributed by atoms with Crippen molar-refractivity contribution in [3.05, 3.63) is 52.1 Å². The number of furan rings is 1. The molecule has 0 saturated carbocycles. The number of H-pyrrole nitrogens is 1. The number of aryl methyl sites for hydroxylation is 1. The summed E-state index contributed by atoms with van der Waals surface area (Å²) in [6.45, 7) is 4.65. The van der Waals surface area contributed by atoms with Crippen molar-refractivity contribution in [2.75, 3.05) is 13.1 Å².